The van der Waals surface area contributed by atoms with E-state index in [1.165, 1.54) is 0 Å². The number of carbonyl (C=O) groups is 4. The van der Waals surface area contributed by atoms with Crippen molar-refractivity contribution in [1.29, 1.82) is 0 Å². The largest absolute Gasteiger partial charge is 0.460 e. The molecule has 3 amide bonds. The molecule has 0 aliphatic rings. The van der Waals surface area contributed by atoms with E-state index in [1.54, 1.807) is 34.6 Å². The minimum Gasteiger partial charge on any atom is -0.460 e. The first-order chi connectivity index (χ1) is 15.8. The summed E-state index contributed by atoms with van der Waals surface area (Å²) in [6.07, 6.45) is -0.360. The van der Waals surface area contributed by atoms with Crippen molar-refractivity contribution in [3.63, 3.8) is 0 Å². The minimum atomic E-state index is -0.895. The van der Waals surface area contributed by atoms with Crippen LogP contribution in [-0.4, -0.2) is 48.1 Å². The van der Waals surface area contributed by atoms with Crippen LogP contribution in [0.15, 0.2) is 30.3 Å². The van der Waals surface area contributed by atoms with E-state index >= 15 is 0 Å². The van der Waals surface area contributed by atoms with Crippen LogP contribution in [0.25, 0.3) is 0 Å². The van der Waals surface area contributed by atoms with Gasteiger partial charge in [0.15, 0.2) is 0 Å². The van der Waals surface area contributed by atoms with Gasteiger partial charge in [-0.2, -0.15) is 0 Å². The van der Waals surface area contributed by atoms with E-state index in [0.717, 1.165) is 5.56 Å². The molecule has 1 aromatic rings. The Kier molecular flexibility index (Phi) is 11.5. The van der Waals surface area contributed by atoms with Crippen LogP contribution < -0.4 is 16.0 Å². The molecule has 0 bridgehead atoms. The molecule has 0 aliphatic carbocycles. The molecule has 0 aliphatic heterocycles. The van der Waals surface area contributed by atoms with Crippen molar-refractivity contribution < 1.29 is 28.7 Å². The normalized spacial score (nSPS) is 13.1. The molecule has 0 saturated carbocycles. The summed E-state index contributed by atoms with van der Waals surface area (Å²) in [4.78, 5) is 49.9. The van der Waals surface area contributed by atoms with E-state index in [9.17, 15) is 19.2 Å². The highest BCUT2D eigenvalue weighted by molar-refractivity contribution is 5.92. The van der Waals surface area contributed by atoms with Gasteiger partial charge in [0.1, 0.15) is 30.8 Å². The second-order valence-electron chi connectivity index (χ2n) is 9.92. The Morgan fingerprint density at radius 2 is 1.53 bits per heavy atom. The molecule has 34 heavy (non-hydrogen) atoms. The zero-order valence-electron chi connectivity index (χ0n) is 21.3. The van der Waals surface area contributed by atoms with Crippen LogP contribution >= 0.6 is 0 Å². The van der Waals surface area contributed by atoms with E-state index in [4.69, 9.17) is 9.47 Å². The lowest BCUT2D eigenvalue weighted by Gasteiger charge is -2.27. The summed E-state index contributed by atoms with van der Waals surface area (Å²) in [5.74, 6) is -1.74. The summed E-state index contributed by atoms with van der Waals surface area (Å²) < 4.78 is 10.4. The van der Waals surface area contributed by atoms with Gasteiger partial charge < -0.3 is 25.4 Å². The number of hydrogen-bond donors (Lipinski definition) is 3. The highest BCUT2D eigenvalue weighted by Gasteiger charge is 2.30. The van der Waals surface area contributed by atoms with Gasteiger partial charge in [0.2, 0.25) is 11.8 Å². The standard InChI is InChI=1S/C25H39N3O6/c1-16(2)13-19(22(30)26-14-20(29)33-15-18-11-9-8-10-12-18)27-23(31)21(17(3)4)28-24(32)34-25(5,6)7/h8-12,16-17,19,21H,13-15H2,1-7H3,(H,26,30)(H,27,31)(H,28,32). The van der Waals surface area contributed by atoms with Crippen molar-refractivity contribution in [1.82, 2.24) is 16.0 Å². The predicted octanol–water partition coefficient (Wildman–Crippen LogP) is 2.93. The Hall–Kier alpha value is -3.10. The van der Waals surface area contributed by atoms with Crippen molar-refractivity contribution in [2.45, 2.75) is 79.2 Å². The van der Waals surface area contributed by atoms with Crippen LogP contribution in [0, 0.1) is 11.8 Å². The van der Waals surface area contributed by atoms with Gasteiger partial charge in [-0.3, -0.25) is 14.4 Å². The van der Waals surface area contributed by atoms with Gasteiger partial charge in [0, 0.05) is 0 Å². The van der Waals surface area contributed by atoms with E-state index in [1.807, 2.05) is 44.2 Å². The fourth-order valence-electron chi connectivity index (χ4n) is 3.01. The third kappa shape index (κ3) is 11.7. The first-order valence-electron chi connectivity index (χ1n) is 11.6. The SMILES string of the molecule is CC(C)CC(NC(=O)C(NC(=O)OC(C)(C)C)C(C)C)C(=O)NCC(=O)OCc1ccccc1. The predicted molar refractivity (Wildman–Crippen MR) is 129 cm³/mol. The Labute approximate surface area is 202 Å². The lowest BCUT2D eigenvalue weighted by molar-refractivity contribution is -0.145. The molecular weight excluding hydrogens is 438 g/mol. The maximum Gasteiger partial charge on any atom is 0.408 e. The van der Waals surface area contributed by atoms with Gasteiger partial charge in [0.05, 0.1) is 0 Å². The Morgan fingerprint density at radius 3 is 2.06 bits per heavy atom. The highest BCUT2D eigenvalue weighted by Crippen LogP contribution is 2.11. The number of carbonyl (C=O) groups excluding carboxylic acids is 4. The van der Waals surface area contributed by atoms with Crippen molar-refractivity contribution in [3.05, 3.63) is 35.9 Å². The highest BCUT2D eigenvalue weighted by atomic mass is 16.6. The first-order valence-corrected chi connectivity index (χ1v) is 11.6. The van der Waals surface area contributed by atoms with E-state index < -0.39 is 41.6 Å². The number of esters is 1. The molecule has 2 atom stereocenters. The van der Waals surface area contributed by atoms with Gasteiger partial charge in [-0.05, 0) is 44.6 Å². The first kappa shape index (κ1) is 28.9. The number of alkyl carbamates (subject to hydrolysis) is 1. The summed E-state index contributed by atoms with van der Waals surface area (Å²) in [5, 5.41) is 7.81. The fourth-order valence-corrected chi connectivity index (χ4v) is 3.01. The van der Waals surface area contributed by atoms with E-state index in [-0.39, 0.29) is 25.0 Å². The van der Waals surface area contributed by atoms with Crippen LogP contribution in [0.5, 0.6) is 0 Å². The van der Waals surface area contributed by atoms with Crippen LogP contribution in [-0.2, 0) is 30.5 Å². The molecule has 0 spiro atoms. The number of amides is 3. The molecule has 9 heteroatoms. The zero-order valence-corrected chi connectivity index (χ0v) is 21.3. The summed E-state index contributed by atoms with van der Waals surface area (Å²) in [5.41, 5.74) is 0.126. The van der Waals surface area contributed by atoms with Gasteiger partial charge in [-0.15, -0.1) is 0 Å². The molecular formula is C25H39N3O6. The second kappa shape index (κ2) is 13.6. The number of nitrogens with one attached hydrogen (secondary N) is 3. The molecule has 0 aromatic heterocycles. The fraction of sp³-hybridized carbons (Fsp3) is 0.600. The van der Waals surface area contributed by atoms with Crippen LogP contribution in [0.3, 0.4) is 0 Å². The molecule has 0 saturated heterocycles. The maximum absolute atomic E-state index is 12.9. The average molecular weight is 478 g/mol. The Balaban J connectivity index is 2.70. The van der Waals surface area contributed by atoms with Gasteiger partial charge in [-0.1, -0.05) is 58.0 Å². The van der Waals surface area contributed by atoms with Gasteiger partial charge in [0.25, 0.3) is 0 Å². The third-order valence-corrected chi connectivity index (χ3v) is 4.61. The second-order valence-corrected chi connectivity index (χ2v) is 9.92. The molecule has 0 radical (unpaired) electrons. The summed E-state index contributed by atoms with van der Waals surface area (Å²) >= 11 is 0. The molecule has 0 heterocycles. The molecule has 190 valence electrons. The van der Waals surface area contributed by atoms with Crippen LogP contribution in [0.4, 0.5) is 4.79 Å². The van der Waals surface area contributed by atoms with Gasteiger partial charge >= 0.3 is 12.1 Å². The Bertz CT molecular complexity index is 818. The summed E-state index contributed by atoms with van der Waals surface area (Å²) in [6.45, 7) is 12.4. The smallest absolute Gasteiger partial charge is 0.408 e. The number of rotatable bonds is 11. The quantitative estimate of drug-likeness (QED) is 0.421. The number of ether oxygens (including phenoxy) is 2. The molecule has 1 aromatic carbocycles. The molecule has 9 nitrogen and oxygen atoms in total. The summed E-state index contributed by atoms with van der Waals surface area (Å²) in [7, 11) is 0. The monoisotopic (exact) mass is 477 g/mol. The van der Waals surface area contributed by atoms with Crippen molar-refractivity contribution in [2.75, 3.05) is 6.54 Å². The van der Waals surface area contributed by atoms with E-state index in [2.05, 4.69) is 16.0 Å². The lowest BCUT2D eigenvalue weighted by atomic mass is 10.00. The average Bonchev–Trinajstić information content (AvgIpc) is 2.72. The van der Waals surface area contributed by atoms with Crippen molar-refractivity contribution in [2.24, 2.45) is 11.8 Å². The Morgan fingerprint density at radius 1 is 0.912 bits per heavy atom. The molecule has 3 N–H and O–H groups in total. The number of benzene rings is 1. The molecule has 1 rings (SSSR count). The van der Waals surface area contributed by atoms with Gasteiger partial charge in [-0.25, -0.2) is 4.79 Å². The van der Waals surface area contributed by atoms with E-state index in [0.29, 0.717) is 6.42 Å². The molecule has 2 unspecified atom stereocenters. The minimum absolute atomic E-state index is 0.0948. The van der Waals surface area contributed by atoms with Crippen LogP contribution in [0.1, 0.15) is 60.5 Å². The number of hydrogen-bond acceptors (Lipinski definition) is 6. The molecule has 0 fully saturated rings. The topological polar surface area (TPSA) is 123 Å². The summed E-state index contributed by atoms with van der Waals surface area (Å²) in [6, 6.07) is 7.43. The van der Waals surface area contributed by atoms with Crippen molar-refractivity contribution >= 4 is 23.9 Å². The third-order valence-electron chi connectivity index (χ3n) is 4.61. The maximum atomic E-state index is 12.9. The zero-order chi connectivity index (χ0) is 25.9. The van der Waals surface area contributed by atoms with Crippen molar-refractivity contribution in [3.8, 4) is 0 Å². The van der Waals surface area contributed by atoms with Crippen LogP contribution in [0.2, 0.25) is 0 Å². The lowest BCUT2D eigenvalue weighted by Crippen LogP contribution is -2.56.